The average Bonchev–Trinajstić information content (AvgIpc) is 2.98. The Kier molecular flexibility index (Phi) is 9.48. The van der Waals surface area contributed by atoms with E-state index < -0.39 is 16.1 Å². The number of carbonyl (C=O) groups excluding carboxylic acids is 1. The fourth-order valence-corrected chi connectivity index (χ4v) is 6.59. The molecule has 236 valence electrons. The van der Waals surface area contributed by atoms with Crippen LogP contribution in [0.15, 0.2) is 65.8 Å². The zero-order chi connectivity index (χ0) is 32.3. The van der Waals surface area contributed by atoms with E-state index in [1.165, 1.54) is 12.1 Å². The van der Waals surface area contributed by atoms with Crippen molar-refractivity contribution in [2.45, 2.75) is 71.9 Å². The highest BCUT2D eigenvalue weighted by atomic mass is 32.2. The molecule has 4 bridgehead atoms. The minimum atomic E-state index is -4.15. The molecule has 10 nitrogen and oxygen atoms in total. The second kappa shape index (κ2) is 13.3. The summed E-state index contributed by atoms with van der Waals surface area (Å²) in [7, 11) is -4.15. The molecule has 1 atom stereocenters. The number of hydrogen-bond donors (Lipinski definition) is 1. The van der Waals surface area contributed by atoms with Gasteiger partial charge >= 0.3 is 0 Å². The highest BCUT2D eigenvalue weighted by Crippen LogP contribution is 2.30. The van der Waals surface area contributed by atoms with Crippen LogP contribution in [0.3, 0.4) is 0 Å². The van der Waals surface area contributed by atoms with Crippen molar-refractivity contribution in [1.29, 1.82) is 0 Å². The minimum Gasteiger partial charge on any atom is -0.475 e. The lowest BCUT2D eigenvalue weighted by Gasteiger charge is -2.32. The average molecular weight is 629 g/mol. The zero-order valence-corrected chi connectivity index (χ0v) is 27.4. The van der Waals surface area contributed by atoms with Crippen molar-refractivity contribution in [2.24, 2.45) is 11.8 Å². The van der Waals surface area contributed by atoms with E-state index in [4.69, 9.17) is 4.74 Å². The summed E-state index contributed by atoms with van der Waals surface area (Å²) in [5, 5.41) is 0. The van der Waals surface area contributed by atoms with Gasteiger partial charge in [0.15, 0.2) is 0 Å². The van der Waals surface area contributed by atoms with Gasteiger partial charge in [-0.1, -0.05) is 52.0 Å². The summed E-state index contributed by atoms with van der Waals surface area (Å²) in [4.78, 5) is 34.0. The van der Waals surface area contributed by atoms with Gasteiger partial charge in [0, 0.05) is 29.6 Å². The summed E-state index contributed by atoms with van der Waals surface area (Å²) in [5.74, 6) is 0.905. The van der Waals surface area contributed by atoms with Crippen LogP contribution in [0.5, 0.6) is 5.88 Å². The maximum Gasteiger partial charge on any atom is 0.264 e. The van der Waals surface area contributed by atoms with Gasteiger partial charge < -0.3 is 9.64 Å². The first-order valence-electron chi connectivity index (χ1n) is 15.2. The summed E-state index contributed by atoms with van der Waals surface area (Å²) in [6, 6.07) is 13.2. The van der Waals surface area contributed by atoms with Crippen molar-refractivity contribution in [2.75, 3.05) is 11.3 Å². The van der Waals surface area contributed by atoms with Gasteiger partial charge in [0.05, 0.1) is 23.2 Å². The van der Waals surface area contributed by atoms with E-state index in [1.54, 1.807) is 35.5 Å². The summed E-state index contributed by atoms with van der Waals surface area (Å²) in [6.07, 6.45) is 5.08. The largest absolute Gasteiger partial charge is 0.475 e. The normalized spacial score (nSPS) is 16.4. The summed E-state index contributed by atoms with van der Waals surface area (Å²) in [6.45, 7) is 12.6. The molecule has 2 aromatic heterocycles. The maximum atomic E-state index is 14.2. The van der Waals surface area contributed by atoms with Crippen LogP contribution >= 0.6 is 0 Å². The molecule has 3 heterocycles. The third kappa shape index (κ3) is 7.65. The topological polar surface area (TPSA) is 127 Å². The van der Waals surface area contributed by atoms with Gasteiger partial charge in [0.2, 0.25) is 11.8 Å². The Bertz CT molecular complexity index is 1770. The van der Waals surface area contributed by atoms with Gasteiger partial charge in [0.25, 0.3) is 15.9 Å². The first kappa shape index (κ1) is 32.0. The fourth-order valence-electron chi connectivity index (χ4n) is 5.60. The molecule has 1 aliphatic heterocycles. The Morgan fingerprint density at radius 1 is 0.956 bits per heavy atom. The van der Waals surface area contributed by atoms with Gasteiger partial charge in [-0.2, -0.15) is 4.98 Å². The second-order valence-corrected chi connectivity index (χ2v) is 14.1. The Morgan fingerprint density at radius 3 is 2.31 bits per heavy atom. The van der Waals surface area contributed by atoms with Gasteiger partial charge in [-0.3, -0.25) is 4.79 Å². The molecule has 5 rings (SSSR count). The fraction of sp³-hybridized carbons (Fsp3) is 0.382. The molecule has 0 saturated heterocycles. The molecule has 4 aromatic rings. The van der Waals surface area contributed by atoms with E-state index in [0.717, 1.165) is 28.7 Å². The number of aryl methyl sites for hydroxylation is 2. The van der Waals surface area contributed by atoms with E-state index in [0.29, 0.717) is 23.9 Å². The smallest absolute Gasteiger partial charge is 0.264 e. The lowest BCUT2D eigenvalue weighted by molar-refractivity contribution is 0.0545. The molecule has 0 radical (unpaired) electrons. The highest BCUT2D eigenvalue weighted by molar-refractivity contribution is 7.92. The first-order valence-corrected chi connectivity index (χ1v) is 16.7. The molecular formula is C34H40N6O4S. The molecule has 1 amide bonds. The number of sulfonamides is 1. The molecule has 0 saturated carbocycles. The van der Waals surface area contributed by atoms with E-state index in [2.05, 4.69) is 52.4 Å². The summed E-state index contributed by atoms with van der Waals surface area (Å²) >= 11 is 0. The molecule has 0 fully saturated rings. The molecule has 0 unspecified atom stereocenters. The van der Waals surface area contributed by atoms with Crippen LogP contribution in [-0.4, -0.2) is 51.8 Å². The zero-order valence-electron chi connectivity index (χ0n) is 26.6. The van der Waals surface area contributed by atoms with Crippen molar-refractivity contribution in [3.63, 3.8) is 0 Å². The van der Waals surface area contributed by atoms with Gasteiger partial charge in [-0.05, 0) is 73.4 Å². The third-order valence-corrected chi connectivity index (χ3v) is 8.97. The van der Waals surface area contributed by atoms with Crippen molar-refractivity contribution in [3.8, 4) is 17.1 Å². The van der Waals surface area contributed by atoms with E-state index in [1.807, 2.05) is 32.0 Å². The highest BCUT2D eigenvalue weighted by Gasteiger charge is 2.30. The molecule has 1 N–H and O–H groups in total. The number of carbonyl (C=O) groups is 1. The second-order valence-electron chi connectivity index (χ2n) is 12.4. The van der Waals surface area contributed by atoms with Crippen LogP contribution in [0, 0.1) is 25.7 Å². The van der Waals surface area contributed by atoms with Crippen LogP contribution < -0.4 is 9.46 Å². The number of ether oxygens (including phenoxy) is 1. The van der Waals surface area contributed by atoms with Crippen LogP contribution in [-0.2, 0) is 23.0 Å². The predicted molar refractivity (Wildman–Crippen MR) is 173 cm³/mol. The number of hydrogen-bond acceptors (Lipinski definition) is 8. The third-order valence-electron chi connectivity index (χ3n) is 7.64. The Hall–Kier alpha value is -4.38. The lowest BCUT2D eigenvalue weighted by Crippen LogP contribution is -2.44. The number of rotatable bonds is 7. The standard InChI is InChI=1S/C34H40N6O4S/c1-21(2)13-25-17-35-30(36-18-25)19-40-27(14-22(3)4)20-44-31-16-29(32-23(5)9-7-10-24(32)6)37-34(38-31)39-45(42,43)28-12-8-11-26(15-28)33(40)41/h7-12,15-18,21-22,27H,13-14,19-20H2,1-6H3,(H,37,38,39)/t27-/m1/s1. The minimum absolute atomic E-state index is 0.0780. The summed E-state index contributed by atoms with van der Waals surface area (Å²) in [5.41, 5.74) is 4.61. The van der Waals surface area contributed by atoms with Crippen LogP contribution in [0.4, 0.5) is 5.95 Å². The number of benzene rings is 2. The lowest BCUT2D eigenvalue weighted by atomic mass is 10.00. The van der Waals surface area contributed by atoms with Gasteiger partial charge in [0.1, 0.15) is 12.4 Å². The van der Waals surface area contributed by atoms with Crippen LogP contribution in [0.25, 0.3) is 11.3 Å². The number of fused-ring (bicyclic) bond motifs is 4. The molecule has 0 aliphatic carbocycles. The van der Waals surface area contributed by atoms with Crippen molar-refractivity contribution >= 4 is 21.9 Å². The quantitative estimate of drug-likeness (QED) is 0.264. The molecule has 45 heavy (non-hydrogen) atoms. The maximum absolute atomic E-state index is 14.2. The van der Waals surface area contributed by atoms with Crippen LogP contribution in [0.2, 0.25) is 0 Å². The summed E-state index contributed by atoms with van der Waals surface area (Å²) < 4.78 is 36.0. The van der Waals surface area contributed by atoms with Crippen molar-refractivity contribution < 1.29 is 17.9 Å². The monoisotopic (exact) mass is 628 g/mol. The number of amides is 1. The first-order chi connectivity index (χ1) is 21.4. The molecule has 1 aliphatic rings. The number of nitrogens with zero attached hydrogens (tertiary/aromatic N) is 5. The van der Waals surface area contributed by atoms with Crippen molar-refractivity contribution in [1.82, 2.24) is 24.8 Å². The van der Waals surface area contributed by atoms with Crippen LogP contribution in [0.1, 0.15) is 67.0 Å². The number of anilines is 1. The Labute approximate surface area is 265 Å². The molecular weight excluding hydrogens is 588 g/mol. The van der Waals surface area contributed by atoms with Gasteiger partial charge in [-0.15, -0.1) is 0 Å². The predicted octanol–water partition coefficient (Wildman–Crippen LogP) is 6.00. The van der Waals surface area contributed by atoms with E-state index >= 15 is 0 Å². The van der Waals surface area contributed by atoms with Gasteiger partial charge in [-0.25, -0.2) is 28.1 Å². The molecule has 11 heteroatoms. The Balaban J connectivity index is 1.62. The number of nitrogens with one attached hydrogen (secondary N) is 1. The van der Waals surface area contributed by atoms with E-state index in [-0.39, 0.29) is 47.3 Å². The molecule has 2 aromatic carbocycles. The number of aromatic nitrogens is 4. The SMILES string of the molecule is Cc1cccc(C)c1-c1cc2nc(n1)NS(=O)(=O)c1cccc(c1)C(=O)N(Cc1ncc(CC(C)C)cn1)[C@H](CC(C)C)CO2. The Morgan fingerprint density at radius 2 is 1.64 bits per heavy atom. The molecule has 0 spiro atoms. The van der Waals surface area contributed by atoms with Crippen molar-refractivity contribution in [3.05, 3.63) is 89.0 Å². The van der Waals surface area contributed by atoms with E-state index in [9.17, 15) is 13.2 Å².